The molecule has 170 valence electrons. The molecule has 4 aliphatic rings. The highest BCUT2D eigenvalue weighted by Crippen LogP contribution is 2.67. The molecular formula is C24H33NO6. The van der Waals surface area contributed by atoms with Crippen LogP contribution in [0.3, 0.4) is 0 Å². The van der Waals surface area contributed by atoms with E-state index in [1.165, 1.54) is 6.92 Å². The summed E-state index contributed by atoms with van der Waals surface area (Å²) in [5.41, 5.74) is 3.29. The Hall–Kier alpha value is -1.67. The predicted octanol–water partition coefficient (Wildman–Crippen LogP) is 0.842. The van der Waals surface area contributed by atoms with Crippen LogP contribution in [-0.2, 0) is 14.4 Å². The maximum absolute atomic E-state index is 13.2. The molecule has 4 aliphatic carbocycles. The number of nitrogens with two attached hydrogens (primary N) is 1. The number of ketones is 3. The molecule has 7 heteroatoms. The van der Waals surface area contributed by atoms with Gasteiger partial charge in [0.05, 0.1) is 12.1 Å². The number of allylic oxidation sites excluding steroid dienone is 4. The molecule has 31 heavy (non-hydrogen) atoms. The predicted molar refractivity (Wildman–Crippen MR) is 113 cm³/mol. The Labute approximate surface area is 182 Å². The first-order valence-corrected chi connectivity index (χ1v) is 11.2. The van der Waals surface area contributed by atoms with Crippen molar-refractivity contribution in [3.63, 3.8) is 0 Å². The van der Waals surface area contributed by atoms with Crippen LogP contribution >= 0.6 is 0 Å². The zero-order valence-corrected chi connectivity index (χ0v) is 18.4. The number of Topliss-reactive ketones (excluding diaryl/α,β-unsaturated/α-hetero) is 2. The van der Waals surface area contributed by atoms with Crippen molar-refractivity contribution in [1.29, 1.82) is 0 Å². The number of fused-ring (bicyclic) bond motifs is 5. The first kappa shape index (κ1) is 22.5. The standard InChI is InChI=1S/C24H33NO6/c1-12(25)19(28)20(29)21(30)24(31)9-7-16-15-5-4-13-10-14(26)6-8-22(13,2)18(15)17(27)11-23(16,24)3/h6,8,10,12,15-18,20,27,29,31H,4-5,7,9,11,25H2,1-3H3/t12-,15-,16-,17-,18+,20?,22-,23-,24-/m0/s1. The summed E-state index contributed by atoms with van der Waals surface area (Å²) in [5, 5.41) is 33.2. The van der Waals surface area contributed by atoms with E-state index < -0.39 is 46.2 Å². The number of carbonyl (C=O) groups is 3. The van der Waals surface area contributed by atoms with E-state index in [4.69, 9.17) is 5.73 Å². The molecule has 7 nitrogen and oxygen atoms in total. The van der Waals surface area contributed by atoms with Crippen LogP contribution in [0, 0.1) is 28.6 Å². The lowest BCUT2D eigenvalue weighted by Gasteiger charge is -2.59. The molecule has 1 unspecified atom stereocenters. The maximum Gasteiger partial charge on any atom is 0.200 e. The molecule has 0 spiro atoms. The van der Waals surface area contributed by atoms with Gasteiger partial charge in [-0.15, -0.1) is 0 Å². The Morgan fingerprint density at radius 3 is 2.58 bits per heavy atom. The largest absolute Gasteiger partial charge is 0.393 e. The lowest BCUT2D eigenvalue weighted by atomic mass is 9.46. The zero-order chi connectivity index (χ0) is 22.9. The minimum atomic E-state index is -1.97. The van der Waals surface area contributed by atoms with Gasteiger partial charge in [0.1, 0.15) is 5.60 Å². The number of aliphatic hydroxyl groups excluding tert-OH is 2. The van der Waals surface area contributed by atoms with Gasteiger partial charge in [-0.2, -0.15) is 0 Å². The van der Waals surface area contributed by atoms with Crippen LogP contribution in [0.4, 0.5) is 0 Å². The van der Waals surface area contributed by atoms with Gasteiger partial charge >= 0.3 is 0 Å². The minimum absolute atomic E-state index is 0.0327. The van der Waals surface area contributed by atoms with Gasteiger partial charge in [-0.1, -0.05) is 25.5 Å². The molecule has 0 amide bonds. The highest BCUT2D eigenvalue weighted by molar-refractivity contribution is 6.10. The summed E-state index contributed by atoms with van der Waals surface area (Å²) < 4.78 is 0. The maximum atomic E-state index is 13.2. The van der Waals surface area contributed by atoms with Gasteiger partial charge in [0.15, 0.2) is 17.7 Å². The molecule has 5 N–H and O–H groups in total. The fraction of sp³-hybridized carbons (Fsp3) is 0.708. The molecule has 3 fully saturated rings. The third kappa shape index (κ3) is 2.97. The summed E-state index contributed by atoms with van der Waals surface area (Å²) in [6, 6.07) is -1.02. The molecule has 4 rings (SSSR count). The number of carbonyl (C=O) groups excluding carboxylic acids is 3. The van der Waals surface area contributed by atoms with Gasteiger partial charge in [-0.05, 0) is 63.0 Å². The van der Waals surface area contributed by atoms with Gasteiger partial charge in [0, 0.05) is 16.7 Å². The number of hydrogen-bond acceptors (Lipinski definition) is 7. The molecule has 0 aromatic rings. The van der Waals surface area contributed by atoms with Crippen molar-refractivity contribution in [3.8, 4) is 0 Å². The van der Waals surface area contributed by atoms with E-state index in [9.17, 15) is 29.7 Å². The zero-order valence-electron chi connectivity index (χ0n) is 18.4. The molecule has 9 atom stereocenters. The van der Waals surface area contributed by atoms with Crippen LogP contribution in [0.25, 0.3) is 0 Å². The van der Waals surface area contributed by atoms with E-state index in [1.54, 1.807) is 19.1 Å². The Balaban J connectivity index is 1.69. The second kappa shape index (κ2) is 7.17. The van der Waals surface area contributed by atoms with Crippen molar-refractivity contribution >= 4 is 17.3 Å². The monoisotopic (exact) mass is 431 g/mol. The average molecular weight is 432 g/mol. The van der Waals surface area contributed by atoms with E-state index in [-0.39, 0.29) is 36.4 Å². The van der Waals surface area contributed by atoms with E-state index in [2.05, 4.69) is 6.92 Å². The number of rotatable bonds is 4. The van der Waals surface area contributed by atoms with E-state index in [0.29, 0.717) is 6.42 Å². The van der Waals surface area contributed by atoms with Crippen LogP contribution < -0.4 is 5.73 Å². The lowest BCUT2D eigenvalue weighted by Crippen LogP contribution is -2.63. The summed E-state index contributed by atoms with van der Waals surface area (Å²) in [6.45, 7) is 5.26. The molecule has 0 aromatic carbocycles. The lowest BCUT2D eigenvalue weighted by molar-refractivity contribution is -0.183. The topological polar surface area (TPSA) is 138 Å². The Morgan fingerprint density at radius 1 is 1.26 bits per heavy atom. The van der Waals surface area contributed by atoms with Crippen LogP contribution in [0.2, 0.25) is 0 Å². The SMILES string of the molecule is C[C@H](N)C(=O)C(O)C(=O)[C@@]1(O)CC[C@H]2[C@@H]3CCC4=CC(=O)C=C[C@]4(C)[C@H]3[C@@H](O)C[C@@]21C. The van der Waals surface area contributed by atoms with Gasteiger partial charge in [-0.25, -0.2) is 0 Å². The molecule has 3 saturated carbocycles. The van der Waals surface area contributed by atoms with Crippen LogP contribution in [0.15, 0.2) is 23.8 Å². The minimum Gasteiger partial charge on any atom is -0.393 e. The molecule has 0 aliphatic heterocycles. The summed E-state index contributed by atoms with van der Waals surface area (Å²) >= 11 is 0. The molecule has 0 saturated heterocycles. The fourth-order valence-electron chi connectivity index (χ4n) is 7.34. The summed E-state index contributed by atoms with van der Waals surface area (Å²) in [7, 11) is 0. The fourth-order valence-corrected chi connectivity index (χ4v) is 7.34. The Morgan fingerprint density at radius 2 is 1.94 bits per heavy atom. The van der Waals surface area contributed by atoms with E-state index in [1.807, 2.05) is 6.08 Å². The first-order valence-electron chi connectivity index (χ1n) is 11.2. The summed E-state index contributed by atoms with van der Waals surface area (Å²) in [4.78, 5) is 37.2. The molecular weight excluding hydrogens is 398 g/mol. The van der Waals surface area contributed by atoms with Crippen molar-refractivity contribution in [1.82, 2.24) is 0 Å². The normalized spacial score (nSPS) is 45.8. The summed E-state index contributed by atoms with van der Waals surface area (Å²) in [5.74, 6) is -1.86. The van der Waals surface area contributed by atoms with Gasteiger partial charge in [0.2, 0.25) is 5.78 Å². The highest BCUT2D eigenvalue weighted by atomic mass is 16.3. The summed E-state index contributed by atoms with van der Waals surface area (Å²) in [6.07, 6.45) is 4.77. The molecule has 0 heterocycles. The third-order valence-corrected chi connectivity index (χ3v) is 9.02. The van der Waals surface area contributed by atoms with Crippen LogP contribution in [-0.4, -0.2) is 56.5 Å². The van der Waals surface area contributed by atoms with Crippen molar-refractivity contribution < 1.29 is 29.7 Å². The smallest absolute Gasteiger partial charge is 0.200 e. The average Bonchev–Trinajstić information content (AvgIpc) is 2.97. The molecule has 0 bridgehead atoms. The second-order valence-electron chi connectivity index (χ2n) is 10.6. The van der Waals surface area contributed by atoms with E-state index in [0.717, 1.165) is 18.4 Å². The Bertz CT molecular complexity index is 893. The van der Waals surface area contributed by atoms with Gasteiger partial charge < -0.3 is 21.1 Å². The van der Waals surface area contributed by atoms with E-state index >= 15 is 0 Å². The quantitative estimate of drug-likeness (QED) is 0.484. The van der Waals surface area contributed by atoms with Gasteiger partial charge in [0.25, 0.3) is 0 Å². The molecule has 0 radical (unpaired) electrons. The molecule has 0 aromatic heterocycles. The van der Waals surface area contributed by atoms with Crippen molar-refractivity contribution in [3.05, 3.63) is 23.8 Å². The Kier molecular flexibility index (Phi) is 5.21. The van der Waals surface area contributed by atoms with Crippen molar-refractivity contribution in [2.75, 3.05) is 0 Å². The number of hydrogen-bond donors (Lipinski definition) is 4. The second-order valence-corrected chi connectivity index (χ2v) is 10.6. The highest BCUT2D eigenvalue weighted by Gasteiger charge is 2.69. The third-order valence-electron chi connectivity index (χ3n) is 9.02. The van der Waals surface area contributed by atoms with Crippen LogP contribution in [0.1, 0.15) is 52.9 Å². The first-order chi connectivity index (χ1) is 14.4. The number of aliphatic hydroxyl groups is 3. The van der Waals surface area contributed by atoms with Gasteiger partial charge in [-0.3, -0.25) is 14.4 Å². The van der Waals surface area contributed by atoms with Crippen LogP contribution in [0.5, 0.6) is 0 Å². The van der Waals surface area contributed by atoms with Crippen molar-refractivity contribution in [2.24, 2.45) is 34.3 Å². The van der Waals surface area contributed by atoms with Crippen molar-refractivity contribution in [2.45, 2.75) is 76.7 Å².